The highest BCUT2D eigenvalue weighted by atomic mass is 16.7. The van der Waals surface area contributed by atoms with Crippen LogP contribution < -0.4 is 5.32 Å². The van der Waals surface area contributed by atoms with Crippen LogP contribution in [0.15, 0.2) is 24.3 Å². The Bertz CT molecular complexity index is 478. The van der Waals surface area contributed by atoms with Crippen molar-refractivity contribution in [1.82, 2.24) is 0 Å². The van der Waals surface area contributed by atoms with Crippen LogP contribution in [0, 0.1) is 6.92 Å². The molecule has 6 heteroatoms. The first-order chi connectivity index (χ1) is 10.6. The summed E-state index contributed by atoms with van der Waals surface area (Å²) in [5.41, 5.74) is 2.17. The maximum Gasteiger partial charge on any atom is 0.186 e. The Hall–Kier alpha value is -1.18. The topological polar surface area (TPSA) is 80.2 Å². The molecule has 1 aromatic carbocycles. The van der Waals surface area contributed by atoms with Gasteiger partial charge in [0.15, 0.2) is 6.29 Å². The second kappa shape index (κ2) is 6.93. The molecule has 1 aromatic rings. The first kappa shape index (κ1) is 15.7. The minimum absolute atomic E-state index is 0.386. The van der Waals surface area contributed by atoms with E-state index < -0.39 is 24.6 Å². The summed E-state index contributed by atoms with van der Waals surface area (Å²) in [4.78, 5) is 0. The molecule has 0 aliphatic carbocycles. The van der Waals surface area contributed by atoms with Crippen molar-refractivity contribution in [1.29, 1.82) is 0 Å². The van der Waals surface area contributed by atoms with Gasteiger partial charge in [-0.2, -0.15) is 0 Å². The first-order valence-electron chi connectivity index (χ1n) is 7.70. The molecule has 0 radical (unpaired) electrons. The predicted octanol–water partition coefficient (Wildman–Crippen LogP) is 0.659. The lowest BCUT2D eigenvalue weighted by molar-refractivity contribution is -0.291. The zero-order valence-corrected chi connectivity index (χ0v) is 12.6. The summed E-state index contributed by atoms with van der Waals surface area (Å²) >= 11 is 0. The molecule has 6 nitrogen and oxygen atoms in total. The SMILES string of the molecule is Cc1ccc(NCC2OC3OCCCOC2C(O)C3O)cc1. The van der Waals surface area contributed by atoms with E-state index in [1.54, 1.807) is 0 Å². The van der Waals surface area contributed by atoms with E-state index in [2.05, 4.69) is 5.32 Å². The Morgan fingerprint density at radius 2 is 1.82 bits per heavy atom. The van der Waals surface area contributed by atoms with E-state index in [1.807, 2.05) is 31.2 Å². The zero-order valence-electron chi connectivity index (χ0n) is 12.6. The highest BCUT2D eigenvalue weighted by Crippen LogP contribution is 2.26. The maximum atomic E-state index is 10.2. The Labute approximate surface area is 130 Å². The van der Waals surface area contributed by atoms with Gasteiger partial charge in [0, 0.05) is 18.8 Å². The van der Waals surface area contributed by atoms with Crippen molar-refractivity contribution < 1.29 is 24.4 Å². The lowest BCUT2D eigenvalue weighted by atomic mass is 9.98. The molecule has 22 heavy (non-hydrogen) atoms. The van der Waals surface area contributed by atoms with Gasteiger partial charge in [0.25, 0.3) is 0 Å². The largest absolute Gasteiger partial charge is 0.387 e. The smallest absolute Gasteiger partial charge is 0.186 e. The molecular weight excluding hydrogens is 286 g/mol. The fourth-order valence-electron chi connectivity index (χ4n) is 2.78. The molecule has 3 aliphatic heterocycles. The van der Waals surface area contributed by atoms with E-state index in [1.165, 1.54) is 5.56 Å². The summed E-state index contributed by atoms with van der Waals surface area (Å²) in [6, 6.07) is 8.03. The van der Waals surface area contributed by atoms with Gasteiger partial charge in [-0.15, -0.1) is 0 Å². The van der Waals surface area contributed by atoms with Gasteiger partial charge in [-0.1, -0.05) is 17.7 Å². The van der Waals surface area contributed by atoms with Crippen molar-refractivity contribution in [2.75, 3.05) is 25.1 Å². The quantitative estimate of drug-likeness (QED) is 0.761. The van der Waals surface area contributed by atoms with E-state index in [4.69, 9.17) is 14.2 Å². The third-order valence-electron chi connectivity index (χ3n) is 4.08. The van der Waals surface area contributed by atoms with Crippen LogP contribution in [-0.4, -0.2) is 60.7 Å². The number of nitrogens with one attached hydrogen (secondary N) is 1. The van der Waals surface area contributed by atoms with E-state index >= 15 is 0 Å². The normalized spacial score (nSPS) is 35.5. The second-order valence-corrected chi connectivity index (χ2v) is 5.83. The van der Waals surface area contributed by atoms with Gasteiger partial charge in [0.05, 0.1) is 6.61 Å². The van der Waals surface area contributed by atoms with Crippen molar-refractivity contribution in [2.24, 2.45) is 0 Å². The minimum Gasteiger partial charge on any atom is -0.387 e. The van der Waals surface area contributed by atoms with Gasteiger partial charge in [0.2, 0.25) is 0 Å². The Balaban J connectivity index is 1.67. The molecule has 0 saturated carbocycles. The molecule has 0 amide bonds. The lowest BCUT2D eigenvalue weighted by Gasteiger charge is -2.41. The van der Waals surface area contributed by atoms with Crippen LogP contribution in [0.5, 0.6) is 0 Å². The summed E-state index contributed by atoms with van der Waals surface area (Å²) in [6.45, 7) is 3.43. The standard InChI is InChI=1S/C16H23NO5/c1-10-3-5-11(6-4-10)17-9-12-15-13(18)14(19)16(22-12)21-8-2-7-20-15/h3-6,12-19H,2,7-9H2,1H3. The van der Waals surface area contributed by atoms with Gasteiger partial charge < -0.3 is 29.7 Å². The van der Waals surface area contributed by atoms with Gasteiger partial charge in [-0.25, -0.2) is 0 Å². The number of hydrogen-bond acceptors (Lipinski definition) is 6. The number of fused-ring (bicyclic) bond motifs is 6. The predicted molar refractivity (Wildman–Crippen MR) is 80.7 cm³/mol. The van der Waals surface area contributed by atoms with Crippen molar-refractivity contribution in [3.63, 3.8) is 0 Å². The van der Waals surface area contributed by atoms with E-state index in [0.29, 0.717) is 26.2 Å². The Morgan fingerprint density at radius 1 is 1.09 bits per heavy atom. The molecule has 0 spiro atoms. The molecule has 3 aliphatic rings. The van der Waals surface area contributed by atoms with Crippen LogP contribution >= 0.6 is 0 Å². The third kappa shape index (κ3) is 3.42. The van der Waals surface area contributed by atoms with Crippen LogP contribution in [0.1, 0.15) is 12.0 Å². The fourth-order valence-corrected chi connectivity index (χ4v) is 2.78. The minimum atomic E-state index is -1.08. The monoisotopic (exact) mass is 309 g/mol. The molecule has 3 fully saturated rings. The summed E-state index contributed by atoms with van der Waals surface area (Å²) in [5, 5.41) is 23.5. The Kier molecular flexibility index (Phi) is 4.95. The Morgan fingerprint density at radius 3 is 2.59 bits per heavy atom. The molecule has 5 atom stereocenters. The number of aryl methyl sites for hydroxylation is 1. The zero-order chi connectivity index (χ0) is 15.5. The van der Waals surface area contributed by atoms with Crippen LogP contribution in [0.2, 0.25) is 0 Å². The number of aliphatic hydroxyl groups is 2. The first-order valence-corrected chi connectivity index (χ1v) is 7.70. The van der Waals surface area contributed by atoms with Crippen molar-refractivity contribution in [3.05, 3.63) is 29.8 Å². The van der Waals surface area contributed by atoms with E-state index in [0.717, 1.165) is 5.69 Å². The highest BCUT2D eigenvalue weighted by molar-refractivity contribution is 5.44. The number of rotatable bonds is 3. The van der Waals surface area contributed by atoms with Crippen LogP contribution in [-0.2, 0) is 14.2 Å². The summed E-state index contributed by atoms with van der Waals surface area (Å²) in [7, 11) is 0. The molecular formula is C16H23NO5. The molecule has 3 saturated heterocycles. The molecule has 5 unspecified atom stereocenters. The average Bonchev–Trinajstić information content (AvgIpc) is 2.66. The van der Waals surface area contributed by atoms with E-state index in [-0.39, 0.29) is 6.10 Å². The number of anilines is 1. The second-order valence-electron chi connectivity index (χ2n) is 5.83. The number of benzene rings is 1. The summed E-state index contributed by atoms with van der Waals surface area (Å²) in [5.74, 6) is 0. The molecule has 3 N–H and O–H groups in total. The van der Waals surface area contributed by atoms with Gasteiger partial charge in [0.1, 0.15) is 24.4 Å². The highest BCUT2D eigenvalue weighted by Gasteiger charge is 2.46. The molecule has 2 bridgehead atoms. The molecule has 122 valence electrons. The third-order valence-corrected chi connectivity index (χ3v) is 4.08. The number of hydrogen-bond donors (Lipinski definition) is 3. The average molecular weight is 309 g/mol. The van der Waals surface area contributed by atoms with Crippen molar-refractivity contribution >= 4 is 5.69 Å². The number of ether oxygens (including phenoxy) is 3. The van der Waals surface area contributed by atoms with Crippen LogP contribution in [0.25, 0.3) is 0 Å². The lowest BCUT2D eigenvalue weighted by Crippen LogP contribution is -2.60. The van der Waals surface area contributed by atoms with Crippen LogP contribution in [0.4, 0.5) is 5.69 Å². The van der Waals surface area contributed by atoms with Gasteiger partial charge >= 0.3 is 0 Å². The van der Waals surface area contributed by atoms with E-state index in [9.17, 15) is 10.2 Å². The van der Waals surface area contributed by atoms with Crippen molar-refractivity contribution in [2.45, 2.75) is 44.1 Å². The molecule has 0 aromatic heterocycles. The van der Waals surface area contributed by atoms with Gasteiger partial charge in [-0.05, 0) is 25.5 Å². The summed E-state index contributed by atoms with van der Waals surface area (Å²) in [6.07, 6.45) is -3.14. The summed E-state index contributed by atoms with van der Waals surface area (Å²) < 4.78 is 17.0. The molecule has 4 rings (SSSR count). The maximum absolute atomic E-state index is 10.2. The van der Waals surface area contributed by atoms with Crippen molar-refractivity contribution in [3.8, 4) is 0 Å². The number of aliphatic hydroxyl groups excluding tert-OH is 2. The fraction of sp³-hybridized carbons (Fsp3) is 0.625. The molecule has 3 heterocycles. The van der Waals surface area contributed by atoms with Crippen LogP contribution in [0.3, 0.4) is 0 Å². The van der Waals surface area contributed by atoms with Gasteiger partial charge in [-0.3, -0.25) is 0 Å².